The number of hydrogen-bond acceptors (Lipinski definition) is 3. The van der Waals surface area contributed by atoms with E-state index in [1.165, 1.54) is 19.3 Å². The van der Waals surface area contributed by atoms with Crippen molar-refractivity contribution in [3.8, 4) is 11.5 Å². The molecule has 0 fully saturated rings. The van der Waals surface area contributed by atoms with Crippen molar-refractivity contribution in [2.24, 2.45) is 10.7 Å². The van der Waals surface area contributed by atoms with Gasteiger partial charge in [0.1, 0.15) is 0 Å². The van der Waals surface area contributed by atoms with E-state index in [0.717, 1.165) is 18.5 Å². The van der Waals surface area contributed by atoms with Gasteiger partial charge < -0.3 is 20.5 Å². The number of aliphatic imine (C=N–C) groups is 1. The first-order valence-corrected chi connectivity index (χ1v) is 7.46. The summed E-state index contributed by atoms with van der Waals surface area (Å²) in [5.41, 5.74) is 6.88. The normalized spacial score (nSPS) is 10.8. The largest absolute Gasteiger partial charge is 0.493 e. The van der Waals surface area contributed by atoms with Crippen LogP contribution in [0.2, 0.25) is 0 Å². The third-order valence-corrected chi connectivity index (χ3v) is 3.22. The number of nitrogens with two attached hydrogens (primary N) is 1. The average Bonchev–Trinajstić information content (AvgIpc) is 2.52. The van der Waals surface area contributed by atoms with Crippen LogP contribution in [0, 0.1) is 0 Å². The highest BCUT2D eigenvalue weighted by Gasteiger charge is 2.04. The molecule has 0 saturated heterocycles. The fraction of sp³-hybridized carbons (Fsp3) is 0.562. The molecule has 0 aliphatic rings. The van der Waals surface area contributed by atoms with Crippen LogP contribution in [0.5, 0.6) is 11.5 Å². The van der Waals surface area contributed by atoms with E-state index >= 15 is 0 Å². The zero-order valence-electron chi connectivity index (χ0n) is 13.7. The van der Waals surface area contributed by atoms with Gasteiger partial charge in [-0.1, -0.05) is 32.3 Å². The SMILES string of the molecule is CCCCCCNC(N)=NCc1ccc(OC)c(OC)c1.I. The number of rotatable bonds is 9. The maximum atomic E-state index is 5.85. The Morgan fingerprint density at radius 1 is 1.14 bits per heavy atom. The molecule has 0 bridgehead atoms. The predicted molar refractivity (Wildman–Crippen MR) is 102 cm³/mol. The lowest BCUT2D eigenvalue weighted by Crippen LogP contribution is -2.32. The molecule has 5 nitrogen and oxygen atoms in total. The van der Waals surface area contributed by atoms with Gasteiger partial charge in [0.15, 0.2) is 17.5 Å². The second kappa shape index (κ2) is 12.4. The van der Waals surface area contributed by atoms with Crippen LogP contribution in [0.4, 0.5) is 0 Å². The zero-order chi connectivity index (χ0) is 15.5. The quantitative estimate of drug-likeness (QED) is 0.278. The van der Waals surface area contributed by atoms with Crippen LogP contribution in [0.1, 0.15) is 38.2 Å². The minimum absolute atomic E-state index is 0. The van der Waals surface area contributed by atoms with Crippen LogP contribution in [0.15, 0.2) is 23.2 Å². The molecule has 0 saturated carbocycles. The van der Waals surface area contributed by atoms with Crippen LogP contribution < -0.4 is 20.5 Å². The second-order valence-electron chi connectivity index (χ2n) is 4.88. The Labute approximate surface area is 150 Å². The monoisotopic (exact) mass is 421 g/mol. The third kappa shape index (κ3) is 7.72. The smallest absolute Gasteiger partial charge is 0.188 e. The van der Waals surface area contributed by atoms with Crippen molar-refractivity contribution in [3.05, 3.63) is 23.8 Å². The number of guanidine groups is 1. The Morgan fingerprint density at radius 2 is 1.86 bits per heavy atom. The number of methoxy groups -OCH3 is 2. The Balaban J connectivity index is 0.00000441. The highest BCUT2D eigenvalue weighted by atomic mass is 127. The molecule has 0 unspecified atom stereocenters. The molecule has 22 heavy (non-hydrogen) atoms. The Hall–Kier alpha value is -1.18. The van der Waals surface area contributed by atoms with Gasteiger partial charge in [-0.2, -0.15) is 0 Å². The summed E-state index contributed by atoms with van der Waals surface area (Å²) in [4.78, 5) is 4.33. The van der Waals surface area contributed by atoms with Crippen molar-refractivity contribution in [1.82, 2.24) is 5.32 Å². The number of ether oxygens (including phenoxy) is 2. The molecule has 6 heteroatoms. The number of nitrogens with one attached hydrogen (secondary N) is 1. The van der Waals surface area contributed by atoms with Crippen molar-refractivity contribution >= 4 is 29.9 Å². The molecule has 0 aliphatic carbocycles. The summed E-state index contributed by atoms with van der Waals surface area (Å²) in [6, 6.07) is 5.74. The van der Waals surface area contributed by atoms with E-state index in [1.54, 1.807) is 14.2 Å². The first-order chi connectivity index (χ1) is 10.2. The summed E-state index contributed by atoms with van der Waals surface area (Å²) < 4.78 is 10.5. The van der Waals surface area contributed by atoms with Crippen LogP contribution >= 0.6 is 24.0 Å². The molecule has 1 rings (SSSR count). The zero-order valence-corrected chi connectivity index (χ0v) is 16.1. The van der Waals surface area contributed by atoms with E-state index in [2.05, 4.69) is 17.2 Å². The lowest BCUT2D eigenvalue weighted by molar-refractivity contribution is 0.354. The molecule has 1 aromatic carbocycles. The fourth-order valence-electron chi connectivity index (χ4n) is 1.98. The van der Waals surface area contributed by atoms with Crippen molar-refractivity contribution in [1.29, 1.82) is 0 Å². The molecule has 0 aliphatic heterocycles. The maximum Gasteiger partial charge on any atom is 0.188 e. The topological polar surface area (TPSA) is 68.9 Å². The van der Waals surface area contributed by atoms with Gasteiger partial charge in [0.2, 0.25) is 0 Å². The summed E-state index contributed by atoms with van der Waals surface area (Å²) in [7, 11) is 3.24. The molecule has 0 amide bonds. The van der Waals surface area contributed by atoms with E-state index in [4.69, 9.17) is 15.2 Å². The minimum Gasteiger partial charge on any atom is -0.493 e. The number of nitrogens with zero attached hydrogens (tertiary/aromatic N) is 1. The van der Waals surface area contributed by atoms with Crippen LogP contribution in [-0.2, 0) is 6.54 Å². The van der Waals surface area contributed by atoms with Gasteiger partial charge in [-0.05, 0) is 24.1 Å². The van der Waals surface area contributed by atoms with E-state index < -0.39 is 0 Å². The lowest BCUT2D eigenvalue weighted by atomic mass is 10.2. The second-order valence-corrected chi connectivity index (χ2v) is 4.88. The first kappa shape index (κ1) is 20.8. The summed E-state index contributed by atoms with van der Waals surface area (Å²) >= 11 is 0. The van der Waals surface area contributed by atoms with Crippen molar-refractivity contribution in [2.75, 3.05) is 20.8 Å². The van der Waals surface area contributed by atoms with Crippen molar-refractivity contribution < 1.29 is 9.47 Å². The predicted octanol–water partition coefficient (Wildman–Crippen LogP) is 3.31. The highest BCUT2D eigenvalue weighted by Crippen LogP contribution is 2.27. The van der Waals surface area contributed by atoms with Crippen molar-refractivity contribution in [2.45, 2.75) is 39.2 Å². The Bertz CT molecular complexity index is 453. The van der Waals surface area contributed by atoms with Crippen LogP contribution in [-0.4, -0.2) is 26.7 Å². The van der Waals surface area contributed by atoms with E-state index in [-0.39, 0.29) is 24.0 Å². The molecule has 1 aromatic rings. The number of unbranched alkanes of at least 4 members (excludes halogenated alkanes) is 3. The molecule has 0 radical (unpaired) electrons. The summed E-state index contributed by atoms with van der Waals surface area (Å²) in [5, 5.41) is 3.13. The lowest BCUT2D eigenvalue weighted by Gasteiger charge is -2.09. The van der Waals surface area contributed by atoms with Gasteiger partial charge in [0, 0.05) is 6.54 Å². The summed E-state index contributed by atoms with van der Waals surface area (Å²) in [6.45, 7) is 3.60. The third-order valence-electron chi connectivity index (χ3n) is 3.22. The summed E-state index contributed by atoms with van der Waals surface area (Å²) in [6.07, 6.45) is 4.86. The van der Waals surface area contributed by atoms with E-state index in [9.17, 15) is 0 Å². The average molecular weight is 421 g/mol. The molecule has 0 heterocycles. The highest BCUT2D eigenvalue weighted by molar-refractivity contribution is 14.0. The van der Waals surface area contributed by atoms with Gasteiger partial charge >= 0.3 is 0 Å². The van der Waals surface area contributed by atoms with Crippen LogP contribution in [0.3, 0.4) is 0 Å². The molecular formula is C16H28IN3O2. The molecule has 0 spiro atoms. The fourth-order valence-corrected chi connectivity index (χ4v) is 1.98. The maximum absolute atomic E-state index is 5.85. The Morgan fingerprint density at radius 3 is 2.50 bits per heavy atom. The van der Waals surface area contributed by atoms with E-state index in [0.29, 0.717) is 24.0 Å². The molecule has 126 valence electrons. The minimum atomic E-state index is 0. The number of halogens is 1. The molecule has 3 N–H and O–H groups in total. The van der Waals surface area contributed by atoms with Gasteiger partial charge in [-0.15, -0.1) is 24.0 Å². The molecular weight excluding hydrogens is 393 g/mol. The summed E-state index contributed by atoms with van der Waals surface area (Å²) in [5.74, 6) is 1.91. The number of benzene rings is 1. The van der Waals surface area contributed by atoms with Gasteiger partial charge in [-0.25, -0.2) is 4.99 Å². The molecule has 0 aromatic heterocycles. The van der Waals surface area contributed by atoms with Crippen molar-refractivity contribution in [3.63, 3.8) is 0 Å². The van der Waals surface area contributed by atoms with E-state index in [1.807, 2.05) is 18.2 Å². The van der Waals surface area contributed by atoms with Gasteiger partial charge in [-0.3, -0.25) is 0 Å². The van der Waals surface area contributed by atoms with Gasteiger partial charge in [0.25, 0.3) is 0 Å². The standard InChI is InChI=1S/C16H27N3O2.HI/c1-4-5-6-7-10-18-16(17)19-12-13-8-9-14(20-2)15(11-13)21-3;/h8-9,11H,4-7,10,12H2,1-3H3,(H3,17,18,19);1H. The van der Waals surface area contributed by atoms with Gasteiger partial charge in [0.05, 0.1) is 20.8 Å². The number of hydrogen-bond donors (Lipinski definition) is 2. The van der Waals surface area contributed by atoms with Crippen LogP contribution in [0.25, 0.3) is 0 Å². The molecule has 0 atom stereocenters. The Kier molecular flexibility index (Phi) is 11.7. The first-order valence-electron chi connectivity index (χ1n) is 7.46.